The number of thiocarbonyl (C=S) groups is 1. The summed E-state index contributed by atoms with van der Waals surface area (Å²) in [7, 11) is -3.69. The van der Waals surface area contributed by atoms with Gasteiger partial charge >= 0.3 is 0 Å². The quantitative estimate of drug-likeness (QED) is 0.553. The van der Waals surface area contributed by atoms with Crippen molar-refractivity contribution in [1.82, 2.24) is 5.32 Å². The molecular weight excluding hydrogens is 466 g/mol. The van der Waals surface area contributed by atoms with Gasteiger partial charge in [0.15, 0.2) is 5.11 Å². The molecule has 0 atom stereocenters. The van der Waals surface area contributed by atoms with Crippen LogP contribution in [0.5, 0.6) is 0 Å². The van der Waals surface area contributed by atoms with Crippen LogP contribution in [0.2, 0.25) is 0 Å². The van der Waals surface area contributed by atoms with Crippen molar-refractivity contribution in [3.8, 4) is 0 Å². The van der Waals surface area contributed by atoms with E-state index in [1.165, 1.54) is 23.6 Å². The van der Waals surface area contributed by atoms with Crippen molar-refractivity contribution < 1.29 is 13.2 Å². The minimum atomic E-state index is -3.69. The Morgan fingerprint density at radius 3 is 2.06 bits per heavy atom. The standard InChI is InChI=1S/C26H31N3O3S2/c1-2-29(22-6-4-3-5-7-22)34(31,32)23-10-8-21(9-11-23)27-25(33)28-24(30)26-15-18-12-19(16-26)14-20(13-18)17-26/h3-11,18-20H,2,12-17H2,1H3,(H2,27,28,30,33). The van der Waals surface area contributed by atoms with Crippen molar-refractivity contribution in [2.24, 2.45) is 23.2 Å². The Hall–Kier alpha value is -2.45. The van der Waals surface area contributed by atoms with E-state index >= 15 is 0 Å². The van der Waals surface area contributed by atoms with Crippen LogP contribution in [0.3, 0.4) is 0 Å². The van der Waals surface area contributed by atoms with Crippen LogP contribution >= 0.6 is 12.2 Å². The predicted octanol–water partition coefficient (Wildman–Crippen LogP) is 4.93. The fourth-order valence-electron chi connectivity index (χ4n) is 6.71. The lowest BCUT2D eigenvalue weighted by molar-refractivity contribution is -0.144. The second kappa shape index (κ2) is 8.96. The molecule has 34 heavy (non-hydrogen) atoms. The van der Waals surface area contributed by atoms with Gasteiger partial charge in [-0.2, -0.15) is 0 Å². The molecule has 4 bridgehead atoms. The maximum Gasteiger partial charge on any atom is 0.264 e. The van der Waals surface area contributed by atoms with E-state index in [1.807, 2.05) is 25.1 Å². The molecule has 180 valence electrons. The monoisotopic (exact) mass is 497 g/mol. The number of anilines is 2. The van der Waals surface area contributed by atoms with E-state index in [0.717, 1.165) is 19.3 Å². The number of para-hydroxylation sites is 1. The van der Waals surface area contributed by atoms with E-state index < -0.39 is 10.0 Å². The molecular formula is C26H31N3O3S2. The highest BCUT2D eigenvalue weighted by Gasteiger charge is 2.54. The molecule has 2 N–H and O–H groups in total. The van der Waals surface area contributed by atoms with Crippen molar-refractivity contribution in [2.75, 3.05) is 16.2 Å². The zero-order valence-corrected chi connectivity index (χ0v) is 21.0. The molecule has 4 saturated carbocycles. The summed E-state index contributed by atoms with van der Waals surface area (Å²) in [6, 6.07) is 15.5. The maximum absolute atomic E-state index is 13.2. The van der Waals surface area contributed by atoms with E-state index in [-0.39, 0.29) is 21.3 Å². The van der Waals surface area contributed by atoms with Gasteiger partial charge in [0.05, 0.1) is 16.0 Å². The van der Waals surface area contributed by atoms with Crippen LogP contribution in [0.1, 0.15) is 45.4 Å². The summed E-state index contributed by atoms with van der Waals surface area (Å²) < 4.78 is 27.7. The fourth-order valence-corrected chi connectivity index (χ4v) is 8.39. The molecule has 8 heteroatoms. The zero-order valence-electron chi connectivity index (χ0n) is 19.4. The second-order valence-electron chi connectivity index (χ2n) is 10.1. The number of carbonyl (C=O) groups is 1. The van der Waals surface area contributed by atoms with Gasteiger partial charge in [-0.05, 0) is 112 Å². The Bertz CT molecular complexity index is 1140. The third-order valence-electron chi connectivity index (χ3n) is 7.78. The number of nitrogens with zero attached hydrogens (tertiary/aromatic N) is 1. The SMILES string of the molecule is CCN(c1ccccc1)S(=O)(=O)c1ccc(NC(=S)NC(=O)C23CC4CC(CC(C4)C2)C3)cc1. The van der Waals surface area contributed by atoms with Crippen LogP contribution in [0.4, 0.5) is 11.4 Å². The maximum atomic E-state index is 13.2. The van der Waals surface area contributed by atoms with E-state index in [4.69, 9.17) is 12.2 Å². The molecule has 0 saturated heterocycles. The van der Waals surface area contributed by atoms with Crippen LogP contribution < -0.4 is 14.9 Å². The van der Waals surface area contributed by atoms with Gasteiger partial charge in [-0.1, -0.05) is 18.2 Å². The molecule has 0 heterocycles. The summed E-state index contributed by atoms with van der Waals surface area (Å²) in [5.41, 5.74) is 0.998. The minimum absolute atomic E-state index is 0.0461. The van der Waals surface area contributed by atoms with Crippen LogP contribution in [0.25, 0.3) is 0 Å². The number of hydrogen-bond donors (Lipinski definition) is 2. The minimum Gasteiger partial charge on any atom is -0.332 e. The predicted molar refractivity (Wildman–Crippen MR) is 138 cm³/mol. The van der Waals surface area contributed by atoms with Crippen LogP contribution in [-0.2, 0) is 14.8 Å². The average Bonchev–Trinajstić information content (AvgIpc) is 2.79. The first-order chi connectivity index (χ1) is 16.3. The molecule has 6 rings (SSSR count). The fraction of sp³-hybridized carbons (Fsp3) is 0.462. The van der Waals surface area contributed by atoms with Crippen molar-refractivity contribution in [3.05, 3.63) is 54.6 Å². The molecule has 2 aromatic carbocycles. The van der Waals surface area contributed by atoms with Crippen molar-refractivity contribution in [2.45, 2.75) is 50.3 Å². The lowest BCUT2D eigenvalue weighted by atomic mass is 9.49. The average molecular weight is 498 g/mol. The highest BCUT2D eigenvalue weighted by atomic mass is 32.2. The number of benzene rings is 2. The molecule has 4 fully saturated rings. The summed E-state index contributed by atoms with van der Waals surface area (Å²) in [4.78, 5) is 13.4. The lowest BCUT2D eigenvalue weighted by Crippen LogP contribution is -2.55. The van der Waals surface area contributed by atoms with Crippen LogP contribution in [-0.4, -0.2) is 26.0 Å². The first-order valence-electron chi connectivity index (χ1n) is 12.1. The third-order valence-corrected chi connectivity index (χ3v) is 9.90. The van der Waals surface area contributed by atoms with E-state index in [1.54, 1.807) is 36.4 Å². The van der Waals surface area contributed by atoms with Crippen LogP contribution in [0, 0.1) is 23.2 Å². The van der Waals surface area contributed by atoms with Crippen LogP contribution in [0.15, 0.2) is 59.5 Å². The molecule has 4 aliphatic rings. The Labute approximate surface area is 207 Å². The van der Waals surface area contributed by atoms with Crippen molar-refractivity contribution >= 4 is 44.6 Å². The summed E-state index contributed by atoms with van der Waals surface area (Å²) in [5.74, 6) is 2.11. The summed E-state index contributed by atoms with van der Waals surface area (Å²) >= 11 is 5.43. The zero-order chi connectivity index (χ0) is 23.9. The summed E-state index contributed by atoms with van der Waals surface area (Å²) in [6.07, 6.45) is 6.79. The van der Waals surface area contributed by atoms with Crippen molar-refractivity contribution in [3.63, 3.8) is 0 Å². The van der Waals surface area contributed by atoms with Gasteiger partial charge in [0, 0.05) is 12.2 Å². The van der Waals surface area contributed by atoms with E-state index in [2.05, 4.69) is 10.6 Å². The third kappa shape index (κ3) is 4.33. The highest BCUT2D eigenvalue weighted by Crippen LogP contribution is 2.60. The first kappa shape index (κ1) is 23.3. The topological polar surface area (TPSA) is 78.5 Å². The van der Waals surface area contributed by atoms with E-state index in [0.29, 0.717) is 35.7 Å². The number of hydrogen-bond acceptors (Lipinski definition) is 4. The first-order valence-corrected chi connectivity index (χ1v) is 13.9. The molecule has 2 aromatic rings. The highest BCUT2D eigenvalue weighted by molar-refractivity contribution is 7.92. The van der Waals surface area contributed by atoms with Gasteiger partial charge in [0.1, 0.15) is 0 Å². The Balaban J connectivity index is 1.24. The smallest absolute Gasteiger partial charge is 0.264 e. The van der Waals surface area contributed by atoms with Crippen molar-refractivity contribution in [1.29, 1.82) is 0 Å². The van der Waals surface area contributed by atoms with Gasteiger partial charge in [-0.25, -0.2) is 8.42 Å². The normalized spacial score (nSPS) is 27.3. The number of nitrogens with one attached hydrogen (secondary N) is 2. The molecule has 0 aliphatic heterocycles. The van der Waals surface area contributed by atoms with Gasteiger partial charge in [0.2, 0.25) is 5.91 Å². The molecule has 0 spiro atoms. The molecule has 0 radical (unpaired) electrons. The van der Waals surface area contributed by atoms with Gasteiger partial charge in [-0.15, -0.1) is 0 Å². The molecule has 0 unspecified atom stereocenters. The summed E-state index contributed by atoms with van der Waals surface area (Å²) in [6.45, 7) is 2.14. The lowest BCUT2D eigenvalue weighted by Gasteiger charge is -2.55. The Morgan fingerprint density at radius 1 is 0.971 bits per heavy atom. The largest absolute Gasteiger partial charge is 0.332 e. The van der Waals surface area contributed by atoms with Gasteiger partial charge in [-0.3, -0.25) is 9.10 Å². The Morgan fingerprint density at radius 2 is 1.53 bits per heavy atom. The van der Waals surface area contributed by atoms with Gasteiger partial charge < -0.3 is 10.6 Å². The Kier molecular flexibility index (Phi) is 6.14. The number of sulfonamides is 1. The second-order valence-corrected chi connectivity index (χ2v) is 12.4. The molecule has 0 aromatic heterocycles. The number of rotatable bonds is 6. The number of carbonyl (C=O) groups excluding carboxylic acids is 1. The molecule has 1 amide bonds. The molecule has 4 aliphatic carbocycles. The molecule has 6 nitrogen and oxygen atoms in total. The summed E-state index contributed by atoms with van der Waals surface area (Å²) in [5, 5.41) is 6.24. The van der Waals surface area contributed by atoms with Gasteiger partial charge in [0.25, 0.3) is 10.0 Å². The van der Waals surface area contributed by atoms with E-state index in [9.17, 15) is 13.2 Å². The number of amides is 1.